The molecule has 1 N–H and O–H groups in total. The monoisotopic (exact) mass is 472 g/mol. The molecule has 29 heavy (non-hydrogen) atoms. The predicted molar refractivity (Wildman–Crippen MR) is 119 cm³/mol. The lowest BCUT2D eigenvalue weighted by atomic mass is 10.1. The van der Waals surface area contributed by atoms with Crippen LogP contribution in [0.4, 0.5) is 5.69 Å². The largest absolute Gasteiger partial charge is 0.496 e. The summed E-state index contributed by atoms with van der Waals surface area (Å²) < 4.78 is 12.8. The molecular formula is C21H21BrN4O2S. The molecule has 1 atom stereocenters. The third kappa shape index (κ3) is 4.33. The molecular weight excluding hydrogens is 452 g/mol. The third-order valence-corrected chi connectivity index (χ3v) is 5.95. The molecule has 6 nitrogen and oxygen atoms in total. The summed E-state index contributed by atoms with van der Waals surface area (Å²) in [6.45, 7) is 2.17. The van der Waals surface area contributed by atoms with Gasteiger partial charge in [-0.15, -0.1) is 10.2 Å². The van der Waals surface area contributed by atoms with Crippen LogP contribution < -0.4 is 14.8 Å². The van der Waals surface area contributed by atoms with Crippen LogP contribution in [0, 0.1) is 0 Å². The lowest BCUT2D eigenvalue weighted by Gasteiger charge is -2.21. The van der Waals surface area contributed by atoms with Gasteiger partial charge in [0, 0.05) is 21.5 Å². The van der Waals surface area contributed by atoms with Crippen LogP contribution >= 0.6 is 27.7 Å². The van der Waals surface area contributed by atoms with E-state index in [1.54, 1.807) is 18.9 Å². The molecule has 3 aromatic rings. The van der Waals surface area contributed by atoms with E-state index in [0.717, 1.165) is 45.6 Å². The first-order chi connectivity index (χ1) is 14.2. The van der Waals surface area contributed by atoms with Crippen LogP contribution in [-0.2, 0) is 0 Å². The van der Waals surface area contributed by atoms with Gasteiger partial charge in [0.2, 0.25) is 17.3 Å². The number of nitrogens with zero attached hydrogens (tertiary/aromatic N) is 3. The first-order valence-electron chi connectivity index (χ1n) is 9.43. The second kappa shape index (κ2) is 9.00. The molecule has 2 aromatic carbocycles. The number of benzene rings is 2. The van der Waals surface area contributed by atoms with Crippen molar-refractivity contribution in [2.45, 2.75) is 31.1 Å². The summed E-state index contributed by atoms with van der Waals surface area (Å²) in [7, 11) is 1.65. The summed E-state index contributed by atoms with van der Waals surface area (Å²) in [5.41, 5.74) is 3.30. The molecule has 1 unspecified atom stereocenters. The van der Waals surface area contributed by atoms with Crippen LogP contribution in [0.15, 0.2) is 52.1 Å². The Kier molecular flexibility index (Phi) is 6.20. The molecule has 0 radical (unpaired) electrons. The highest BCUT2D eigenvalue weighted by Gasteiger charge is 2.28. The predicted octanol–water partition coefficient (Wildman–Crippen LogP) is 5.71. The van der Waals surface area contributed by atoms with E-state index in [1.165, 1.54) is 0 Å². The van der Waals surface area contributed by atoms with E-state index < -0.39 is 6.23 Å². The number of hydrogen-bond donors (Lipinski definition) is 1. The van der Waals surface area contributed by atoms with Crippen molar-refractivity contribution in [3.63, 3.8) is 0 Å². The van der Waals surface area contributed by atoms with E-state index in [0.29, 0.717) is 16.7 Å². The number of unbranched alkanes of at least 4 members (excludes halogenated alkanes) is 1. The summed E-state index contributed by atoms with van der Waals surface area (Å²) in [4.78, 5) is 4.67. The first-order valence-corrected chi connectivity index (χ1v) is 11.2. The Balaban J connectivity index is 1.78. The molecule has 2 heterocycles. The molecule has 0 saturated carbocycles. The summed E-state index contributed by atoms with van der Waals surface area (Å²) >= 11 is 5.14. The number of nitrogens with one attached hydrogen (secondary N) is 1. The lowest BCUT2D eigenvalue weighted by molar-refractivity contribution is 0.219. The number of fused-ring (bicyclic) bond motifs is 3. The standard InChI is InChI=1S/C21H21BrN4O2S/c1-3-4-11-29-21-24-20-18(25-26-21)14-7-5-6-8-16(14)23-19(28-20)15-12-13(22)9-10-17(15)27-2/h5-10,12,19,23H,3-4,11H2,1-2H3. The second-order valence-corrected chi connectivity index (χ2v) is 8.50. The molecule has 1 aromatic heterocycles. The average Bonchev–Trinajstić information content (AvgIpc) is 2.90. The van der Waals surface area contributed by atoms with Gasteiger partial charge < -0.3 is 14.8 Å². The zero-order valence-corrected chi connectivity index (χ0v) is 18.6. The summed E-state index contributed by atoms with van der Waals surface area (Å²) in [6.07, 6.45) is 1.74. The maximum Gasteiger partial charge on any atom is 0.247 e. The normalized spacial score (nSPS) is 14.8. The van der Waals surface area contributed by atoms with Crippen molar-refractivity contribution in [3.8, 4) is 22.9 Å². The quantitative estimate of drug-likeness (QED) is 0.364. The van der Waals surface area contributed by atoms with Crippen LogP contribution in [0.1, 0.15) is 31.6 Å². The van der Waals surface area contributed by atoms with Crippen molar-refractivity contribution in [2.75, 3.05) is 18.2 Å². The molecule has 1 aliphatic rings. The van der Waals surface area contributed by atoms with Crippen LogP contribution in [0.3, 0.4) is 0 Å². The number of anilines is 1. The first kappa shape index (κ1) is 20.0. The van der Waals surface area contributed by atoms with Crippen molar-refractivity contribution in [1.82, 2.24) is 15.2 Å². The van der Waals surface area contributed by atoms with E-state index in [2.05, 4.69) is 43.4 Å². The zero-order valence-electron chi connectivity index (χ0n) is 16.2. The van der Waals surface area contributed by atoms with Crippen molar-refractivity contribution < 1.29 is 9.47 Å². The number of rotatable bonds is 6. The van der Waals surface area contributed by atoms with Crippen molar-refractivity contribution >= 4 is 33.4 Å². The van der Waals surface area contributed by atoms with Crippen LogP contribution in [0.5, 0.6) is 11.6 Å². The van der Waals surface area contributed by atoms with Gasteiger partial charge in [0.05, 0.1) is 12.7 Å². The lowest BCUT2D eigenvalue weighted by Crippen LogP contribution is -2.18. The molecule has 0 fully saturated rings. The Morgan fingerprint density at radius 1 is 1.21 bits per heavy atom. The molecule has 0 bridgehead atoms. The fraction of sp³-hybridized carbons (Fsp3) is 0.286. The van der Waals surface area contributed by atoms with E-state index in [-0.39, 0.29) is 0 Å². The zero-order chi connectivity index (χ0) is 20.2. The maximum absolute atomic E-state index is 6.33. The number of methoxy groups -OCH3 is 1. The Labute approximate surface area is 182 Å². The van der Waals surface area contributed by atoms with Crippen molar-refractivity contribution in [3.05, 3.63) is 52.5 Å². The summed E-state index contributed by atoms with van der Waals surface area (Å²) in [6, 6.07) is 13.8. The Morgan fingerprint density at radius 2 is 2.07 bits per heavy atom. The second-order valence-electron chi connectivity index (χ2n) is 6.52. The van der Waals surface area contributed by atoms with E-state index >= 15 is 0 Å². The number of aromatic nitrogens is 3. The average molecular weight is 473 g/mol. The summed E-state index contributed by atoms with van der Waals surface area (Å²) in [5.74, 6) is 2.14. The highest BCUT2D eigenvalue weighted by molar-refractivity contribution is 9.10. The fourth-order valence-corrected chi connectivity index (χ4v) is 4.31. The fourth-order valence-electron chi connectivity index (χ4n) is 3.07. The number of para-hydroxylation sites is 1. The molecule has 0 aliphatic carbocycles. The minimum atomic E-state index is -0.491. The molecule has 0 spiro atoms. The highest BCUT2D eigenvalue weighted by atomic mass is 79.9. The third-order valence-electron chi connectivity index (χ3n) is 4.54. The number of thioether (sulfide) groups is 1. The Bertz CT molecular complexity index is 1020. The van der Waals surface area contributed by atoms with Gasteiger partial charge in [-0.05, 0) is 30.7 Å². The van der Waals surface area contributed by atoms with E-state index in [4.69, 9.17) is 9.47 Å². The minimum Gasteiger partial charge on any atom is -0.496 e. The molecule has 150 valence electrons. The minimum absolute atomic E-state index is 0.462. The van der Waals surface area contributed by atoms with Crippen molar-refractivity contribution in [1.29, 1.82) is 0 Å². The van der Waals surface area contributed by atoms with Crippen LogP contribution in [-0.4, -0.2) is 28.0 Å². The van der Waals surface area contributed by atoms with Gasteiger partial charge in [0.15, 0.2) is 5.69 Å². The number of ether oxygens (including phenoxy) is 2. The van der Waals surface area contributed by atoms with Gasteiger partial charge in [0.1, 0.15) is 5.75 Å². The Morgan fingerprint density at radius 3 is 2.90 bits per heavy atom. The van der Waals surface area contributed by atoms with Crippen molar-refractivity contribution in [2.24, 2.45) is 0 Å². The van der Waals surface area contributed by atoms with E-state index in [9.17, 15) is 0 Å². The SMILES string of the molecule is CCCCSc1nnc2c(n1)OC(c1cc(Br)ccc1OC)Nc1ccccc1-2. The summed E-state index contributed by atoms with van der Waals surface area (Å²) in [5, 5.41) is 12.8. The van der Waals surface area contributed by atoms with Gasteiger partial charge in [-0.25, -0.2) is 0 Å². The molecule has 0 amide bonds. The highest BCUT2D eigenvalue weighted by Crippen LogP contribution is 2.41. The van der Waals surface area contributed by atoms with Gasteiger partial charge in [-0.3, -0.25) is 0 Å². The van der Waals surface area contributed by atoms with E-state index in [1.807, 2.05) is 42.5 Å². The molecule has 8 heteroatoms. The van der Waals surface area contributed by atoms with Gasteiger partial charge in [-0.1, -0.05) is 59.2 Å². The van der Waals surface area contributed by atoms with Gasteiger partial charge >= 0.3 is 0 Å². The maximum atomic E-state index is 6.33. The Hall–Kier alpha value is -2.32. The number of halogens is 1. The number of hydrogen-bond acceptors (Lipinski definition) is 7. The van der Waals surface area contributed by atoms with Crippen LogP contribution in [0.25, 0.3) is 11.3 Å². The van der Waals surface area contributed by atoms with Gasteiger partial charge in [0.25, 0.3) is 0 Å². The molecule has 4 rings (SSSR count). The topological polar surface area (TPSA) is 69.2 Å². The molecule has 0 saturated heterocycles. The van der Waals surface area contributed by atoms with Crippen LogP contribution in [0.2, 0.25) is 0 Å². The smallest absolute Gasteiger partial charge is 0.247 e. The van der Waals surface area contributed by atoms with Gasteiger partial charge in [-0.2, -0.15) is 4.98 Å². The molecule has 1 aliphatic heterocycles.